The first-order chi connectivity index (χ1) is 9.40. The molecule has 1 aliphatic rings. The van der Waals surface area contributed by atoms with Crippen molar-refractivity contribution in [3.05, 3.63) is 28.0 Å². The van der Waals surface area contributed by atoms with E-state index in [1.54, 1.807) is 0 Å². The number of carbonyl (C=O) groups is 1. The Morgan fingerprint density at radius 3 is 2.60 bits per heavy atom. The molecule has 1 aromatic rings. The Kier molecular flexibility index (Phi) is 4.65. The normalized spacial score (nSPS) is 23.6. The van der Waals surface area contributed by atoms with Crippen LogP contribution in [0.4, 0.5) is 10.1 Å². The van der Waals surface area contributed by atoms with E-state index < -0.39 is 5.82 Å². The van der Waals surface area contributed by atoms with Crippen LogP contribution in [0.5, 0.6) is 0 Å². The second-order valence-corrected chi connectivity index (χ2v) is 6.19. The lowest BCUT2D eigenvalue weighted by atomic mass is 10.00. The zero-order chi connectivity index (χ0) is 14.9. The molecule has 0 radical (unpaired) electrons. The highest BCUT2D eigenvalue weighted by atomic mass is 79.9. The third-order valence-electron chi connectivity index (χ3n) is 3.76. The Labute approximate surface area is 126 Å². The van der Waals surface area contributed by atoms with E-state index in [1.807, 2.05) is 5.01 Å². The Hall–Kier alpha value is -1.14. The zero-order valence-corrected chi connectivity index (χ0v) is 13.2. The highest BCUT2D eigenvalue weighted by Gasteiger charge is 2.27. The van der Waals surface area contributed by atoms with Crippen LogP contribution >= 0.6 is 15.9 Å². The van der Waals surface area contributed by atoms with E-state index in [4.69, 9.17) is 5.73 Å². The SMILES string of the molecule is CC1CCCC(C)N1NC(=O)c1cc(N)c(F)cc1Br. The molecule has 0 aliphatic carbocycles. The van der Waals surface area contributed by atoms with Crippen LogP contribution in [0.2, 0.25) is 0 Å². The molecule has 0 spiro atoms. The van der Waals surface area contributed by atoms with Crippen molar-refractivity contribution in [1.29, 1.82) is 0 Å². The van der Waals surface area contributed by atoms with E-state index in [-0.39, 0.29) is 11.6 Å². The molecule has 2 atom stereocenters. The fraction of sp³-hybridized carbons (Fsp3) is 0.500. The number of rotatable bonds is 2. The number of anilines is 1. The quantitative estimate of drug-likeness (QED) is 0.811. The summed E-state index contributed by atoms with van der Waals surface area (Å²) in [5.74, 6) is -0.808. The van der Waals surface area contributed by atoms with Crippen LogP contribution in [0, 0.1) is 5.82 Å². The first kappa shape index (κ1) is 15.3. The molecule has 4 nitrogen and oxygen atoms in total. The first-order valence-corrected chi connectivity index (χ1v) is 7.53. The minimum absolute atomic E-state index is 0.0295. The summed E-state index contributed by atoms with van der Waals surface area (Å²) in [6.45, 7) is 4.17. The summed E-state index contributed by atoms with van der Waals surface area (Å²) < 4.78 is 13.7. The van der Waals surface area contributed by atoms with Crippen molar-refractivity contribution in [3.63, 3.8) is 0 Å². The van der Waals surface area contributed by atoms with Gasteiger partial charge in [-0.1, -0.05) is 6.42 Å². The van der Waals surface area contributed by atoms with Gasteiger partial charge in [0.15, 0.2) is 0 Å². The van der Waals surface area contributed by atoms with Gasteiger partial charge in [0.25, 0.3) is 5.91 Å². The van der Waals surface area contributed by atoms with Gasteiger partial charge in [0.1, 0.15) is 5.82 Å². The van der Waals surface area contributed by atoms with Gasteiger partial charge in [0.2, 0.25) is 0 Å². The third-order valence-corrected chi connectivity index (χ3v) is 4.41. The number of hydrogen-bond donors (Lipinski definition) is 2. The minimum atomic E-state index is -0.534. The number of nitrogen functional groups attached to an aromatic ring is 1. The van der Waals surface area contributed by atoms with Gasteiger partial charge in [0, 0.05) is 16.6 Å². The molecule has 2 rings (SSSR count). The number of hydrogen-bond acceptors (Lipinski definition) is 3. The summed E-state index contributed by atoms with van der Waals surface area (Å²) in [7, 11) is 0. The van der Waals surface area contributed by atoms with Gasteiger partial charge in [-0.2, -0.15) is 0 Å². The fourth-order valence-corrected chi connectivity index (χ4v) is 3.05. The maximum Gasteiger partial charge on any atom is 0.266 e. The van der Waals surface area contributed by atoms with Gasteiger partial charge >= 0.3 is 0 Å². The van der Waals surface area contributed by atoms with Crippen molar-refractivity contribution < 1.29 is 9.18 Å². The largest absolute Gasteiger partial charge is 0.396 e. The second-order valence-electron chi connectivity index (χ2n) is 5.33. The predicted molar refractivity (Wildman–Crippen MR) is 80.6 cm³/mol. The molecule has 1 amide bonds. The van der Waals surface area contributed by atoms with Crippen LogP contribution in [0.15, 0.2) is 16.6 Å². The summed E-state index contributed by atoms with van der Waals surface area (Å²) in [5.41, 5.74) is 8.75. The van der Waals surface area contributed by atoms with Gasteiger partial charge in [-0.25, -0.2) is 9.40 Å². The van der Waals surface area contributed by atoms with Crippen molar-refractivity contribution in [2.45, 2.75) is 45.2 Å². The van der Waals surface area contributed by atoms with Crippen molar-refractivity contribution in [2.75, 3.05) is 5.73 Å². The standard InChI is InChI=1S/C14H19BrFN3O/c1-8-4-3-5-9(2)19(8)18-14(20)10-6-13(17)12(16)7-11(10)15/h6-9H,3-5,17H2,1-2H3,(H,18,20). The number of amides is 1. The Balaban J connectivity index is 2.17. The van der Waals surface area contributed by atoms with E-state index >= 15 is 0 Å². The Morgan fingerprint density at radius 1 is 1.40 bits per heavy atom. The molecule has 1 saturated heterocycles. The summed E-state index contributed by atoms with van der Waals surface area (Å²) in [4.78, 5) is 12.3. The Morgan fingerprint density at radius 2 is 2.00 bits per heavy atom. The summed E-state index contributed by atoms with van der Waals surface area (Å²) in [6, 6.07) is 3.15. The Bertz CT molecular complexity index is 513. The third kappa shape index (κ3) is 3.12. The van der Waals surface area contributed by atoms with E-state index in [9.17, 15) is 9.18 Å². The highest BCUT2D eigenvalue weighted by molar-refractivity contribution is 9.10. The van der Waals surface area contributed by atoms with E-state index in [0.717, 1.165) is 12.8 Å². The van der Waals surface area contributed by atoms with Crippen LogP contribution in [-0.4, -0.2) is 23.0 Å². The molecular weight excluding hydrogens is 325 g/mol. The molecule has 3 N–H and O–H groups in total. The molecule has 20 heavy (non-hydrogen) atoms. The number of carbonyl (C=O) groups excluding carboxylic acids is 1. The molecule has 110 valence electrons. The van der Waals surface area contributed by atoms with Gasteiger partial charge < -0.3 is 5.73 Å². The fourth-order valence-electron chi connectivity index (χ4n) is 2.56. The maximum atomic E-state index is 13.3. The highest BCUT2D eigenvalue weighted by Crippen LogP contribution is 2.24. The molecule has 6 heteroatoms. The van der Waals surface area contributed by atoms with Gasteiger partial charge in [-0.05, 0) is 54.8 Å². The smallest absolute Gasteiger partial charge is 0.266 e. The molecule has 1 aliphatic heterocycles. The van der Waals surface area contributed by atoms with Crippen molar-refractivity contribution in [3.8, 4) is 0 Å². The number of piperidine rings is 1. The van der Waals surface area contributed by atoms with Gasteiger partial charge in [0.05, 0.1) is 11.3 Å². The average molecular weight is 344 g/mol. The number of hydrazine groups is 1. The lowest BCUT2D eigenvalue weighted by molar-refractivity contribution is 0.0369. The second kappa shape index (κ2) is 6.10. The first-order valence-electron chi connectivity index (χ1n) is 6.74. The average Bonchev–Trinajstić information content (AvgIpc) is 2.38. The van der Waals surface area contributed by atoms with Crippen LogP contribution in [0.3, 0.4) is 0 Å². The number of benzene rings is 1. The van der Waals surface area contributed by atoms with E-state index in [2.05, 4.69) is 35.2 Å². The summed E-state index contributed by atoms with van der Waals surface area (Å²) >= 11 is 3.20. The van der Waals surface area contributed by atoms with E-state index in [0.29, 0.717) is 22.1 Å². The number of nitrogens with zero attached hydrogens (tertiary/aromatic N) is 1. The molecule has 2 unspecified atom stereocenters. The molecule has 0 aromatic heterocycles. The van der Waals surface area contributed by atoms with Crippen LogP contribution in [0.1, 0.15) is 43.5 Å². The monoisotopic (exact) mass is 343 g/mol. The molecule has 0 saturated carbocycles. The van der Waals surface area contributed by atoms with Crippen molar-refractivity contribution in [2.24, 2.45) is 0 Å². The number of nitrogens with two attached hydrogens (primary N) is 1. The molecule has 0 bridgehead atoms. The number of nitrogens with one attached hydrogen (secondary N) is 1. The van der Waals surface area contributed by atoms with Gasteiger partial charge in [-0.3, -0.25) is 10.2 Å². The van der Waals surface area contributed by atoms with Crippen LogP contribution < -0.4 is 11.2 Å². The summed E-state index contributed by atoms with van der Waals surface area (Å²) in [6.07, 6.45) is 3.27. The minimum Gasteiger partial charge on any atom is -0.396 e. The zero-order valence-electron chi connectivity index (χ0n) is 11.6. The van der Waals surface area contributed by atoms with Gasteiger partial charge in [-0.15, -0.1) is 0 Å². The lowest BCUT2D eigenvalue weighted by Crippen LogP contribution is -2.54. The topological polar surface area (TPSA) is 58.4 Å². The molecule has 1 heterocycles. The molecule has 1 aromatic carbocycles. The summed E-state index contributed by atoms with van der Waals surface area (Å²) in [5, 5.41) is 1.97. The lowest BCUT2D eigenvalue weighted by Gasteiger charge is -2.38. The van der Waals surface area contributed by atoms with E-state index in [1.165, 1.54) is 18.6 Å². The van der Waals surface area contributed by atoms with Crippen molar-refractivity contribution >= 4 is 27.5 Å². The predicted octanol–water partition coefficient (Wildman–Crippen LogP) is 3.08. The van der Waals surface area contributed by atoms with Crippen LogP contribution in [-0.2, 0) is 0 Å². The molecular formula is C14H19BrFN3O. The van der Waals surface area contributed by atoms with Crippen molar-refractivity contribution in [1.82, 2.24) is 10.4 Å². The maximum absolute atomic E-state index is 13.3. The van der Waals surface area contributed by atoms with Crippen LogP contribution in [0.25, 0.3) is 0 Å². The number of halogens is 2. The molecule has 1 fully saturated rings.